The summed E-state index contributed by atoms with van der Waals surface area (Å²) in [6.45, 7) is 0. The van der Waals surface area contributed by atoms with Gasteiger partial charge in [-0.2, -0.15) is 4.39 Å². The van der Waals surface area contributed by atoms with Gasteiger partial charge in [0.2, 0.25) is 5.95 Å². The number of hydrogen-bond donors (Lipinski definition) is 1. The van der Waals surface area contributed by atoms with Crippen molar-refractivity contribution < 1.29 is 4.39 Å². The highest BCUT2D eigenvalue weighted by atomic mass is 32.1. The normalized spacial score (nSPS) is 10.1. The van der Waals surface area contributed by atoms with Gasteiger partial charge in [-0.15, -0.1) is 12.6 Å². The summed E-state index contributed by atoms with van der Waals surface area (Å²) in [6, 6.07) is 11.0. The quantitative estimate of drug-likeness (QED) is 0.557. The molecular formula is C11H8FNS. The van der Waals surface area contributed by atoms with Gasteiger partial charge in [-0.1, -0.05) is 30.3 Å². The van der Waals surface area contributed by atoms with Crippen LogP contribution in [0.15, 0.2) is 47.5 Å². The zero-order valence-corrected chi connectivity index (χ0v) is 8.21. The molecule has 3 heteroatoms. The Hall–Kier alpha value is -1.35. The second-order valence-corrected chi connectivity index (χ2v) is 3.41. The van der Waals surface area contributed by atoms with Gasteiger partial charge in [-0.3, -0.25) is 0 Å². The summed E-state index contributed by atoms with van der Waals surface area (Å²) >= 11 is 4.12. The van der Waals surface area contributed by atoms with Crippen LogP contribution >= 0.6 is 12.6 Å². The van der Waals surface area contributed by atoms with Gasteiger partial charge >= 0.3 is 0 Å². The summed E-state index contributed by atoms with van der Waals surface area (Å²) < 4.78 is 13.3. The zero-order chi connectivity index (χ0) is 9.97. The molecule has 0 amide bonds. The van der Waals surface area contributed by atoms with Crippen LogP contribution in [0.3, 0.4) is 0 Å². The Bertz CT molecular complexity index is 442. The van der Waals surface area contributed by atoms with Crippen LogP contribution in [0.1, 0.15) is 0 Å². The highest BCUT2D eigenvalue weighted by Crippen LogP contribution is 2.23. The lowest BCUT2D eigenvalue weighted by atomic mass is 10.1. The third-order valence-electron chi connectivity index (χ3n) is 1.91. The van der Waals surface area contributed by atoms with Gasteiger partial charge in [0.1, 0.15) is 0 Å². The third kappa shape index (κ3) is 1.77. The predicted octanol–water partition coefficient (Wildman–Crippen LogP) is 3.18. The number of halogens is 1. The molecule has 1 nitrogen and oxygen atoms in total. The van der Waals surface area contributed by atoms with E-state index in [2.05, 4.69) is 17.6 Å². The Morgan fingerprint density at radius 2 is 1.86 bits per heavy atom. The molecule has 0 unspecified atom stereocenters. The molecule has 14 heavy (non-hydrogen) atoms. The minimum atomic E-state index is -0.464. The lowest BCUT2D eigenvalue weighted by Gasteiger charge is -2.02. The SMILES string of the molecule is Fc1ncc(S)cc1-c1ccccc1. The van der Waals surface area contributed by atoms with Crippen molar-refractivity contribution in [2.24, 2.45) is 0 Å². The van der Waals surface area contributed by atoms with Crippen molar-refractivity contribution in [3.8, 4) is 11.1 Å². The average molecular weight is 205 g/mol. The van der Waals surface area contributed by atoms with Gasteiger partial charge in [0.25, 0.3) is 0 Å². The van der Waals surface area contributed by atoms with Crippen molar-refractivity contribution in [1.29, 1.82) is 0 Å². The van der Waals surface area contributed by atoms with Gasteiger partial charge < -0.3 is 0 Å². The van der Waals surface area contributed by atoms with Crippen molar-refractivity contribution in [1.82, 2.24) is 4.98 Å². The Balaban J connectivity index is 2.57. The Labute approximate surface area is 87.0 Å². The summed E-state index contributed by atoms with van der Waals surface area (Å²) in [7, 11) is 0. The fourth-order valence-corrected chi connectivity index (χ4v) is 1.44. The van der Waals surface area contributed by atoms with Gasteiger partial charge in [-0.05, 0) is 11.6 Å². The first kappa shape index (κ1) is 9.21. The van der Waals surface area contributed by atoms with Gasteiger partial charge in [0, 0.05) is 16.7 Å². The van der Waals surface area contributed by atoms with Crippen LogP contribution in [0, 0.1) is 5.95 Å². The summed E-state index contributed by atoms with van der Waals surface area (Å²) in [6.07, 6.45) is 1.39. The maximum atomic E-state index is 13.3. The summed E-state index contributed by atoms with van der Waals surface area (Å²) in [5, 5.41) is 0. The van der Waals surface area contributed by atoms with E-state index in [1.54, 1.807) is 6.07 Å². The van der Waals surface area contributed by atoms with E-state index in [4.69, 9.17) is 0 Å². The fourth-order valence-electron chi connectivity index (χ4n) is 1.26. The molecule has 0 atom stereocenters. The molecule has 2 aromatic rings. The molecule has 0 aliphatic heterocycles. The Morgan fingerprint density at radius 1 is 1.14 bits per heavy atom. The van der Waals surface area contributed by atoms with Crippen LogP contribution in [-0.4, -0.2) is 4.98 Å². The smallest absolute Gasteiger partial charge is 0.220 e. The van der Waals surface area contributed by atoms with E-state index in [1.165, 1.54) is 6.20 Å². The standard InChI is InChI=1S/C11H8FNS/c12-11-10(6-9(14)7-13-11)8-4-2-1-3-5-8/h1-7,14H. The summed E-state index contributed by atoms with van der Waals surface area (Å²) in [5.74, 6) is -0.464. The molecule has 0 aliphatic rings. The van der Waals surface area contributed by atoms with Crippen LogP contribution in [0.25, 0.3) is 11.1 Å². The molecule has 0 saturated heterocycles. The van der Waals surface area contributed by atoms with E-state index in [0.717, 1.165) is 5.56 Å². The van der Waals surface area contributed by atoms with Crippen molar-refractivity contribution in [2.75, 3.05) is 0 Å². The van der Waals surface area contributed by atoms with E-state index in [0.29, 0.717) is 10.5 Å². The molecule has 1 aromatic carbocycles. The summed E-state index contributed by atoms with van der Waals surface area (Å²) in [4.78, 5) is 4.27. The highest BCUT2D eigenvalue weighted by Gasteiger charge is 2.05. The number of benzene rings is 1. The monoisotopic (exact) mass is 205 g/mol. The summed E-state index contributed by atoms with van der Waals surface area (Å²) in [5.41, 5.74) is 1.30. The van der Waals surface area contributed by atoms with E-state index < -0.39 is 5.95 Å². The number of rotatable bonds is 1. The maximum Gasteiger partial charge on any atom is 0.220 e. The highest BCUT2D eigenvalue weighted by molar-refractivity contribution is 7.80. The van der Waals surface area contributed by atoms with Crippen molar-refractivity contribution in [3.05, 3.63) is 48.5 Å². The number of pyridine rings is 1. The predicted molar refractivity (Wildman–Crippen MR) is 56.9 cm³/mol. The van der Waals surface area contributed by atoms with Gasteiger partial charge in [0.15, 0.2) is 0 Å². The second kappa shape index (κ2) is 3.80. The molecule has 1 heterocycles. The van der Waals surface area contributed by atoms with E-state index in [9.17, 15) is 4.39 Å². The van der Waals surface area contributed by atoms with Crippen LogP contribution in [0.4, 0.5) is 4.39 Å². The first-order valence-electron chi connectivity index (χ1n) is 4.17. The van der Waals surface area contributed by atoms with E-state index in [1.807, 2.05) is 30.3 Å². The number of hydrogen-bond acceptors (Lipinski definition) is 2. The minimum Gasteiger partial charge on any atom is -0.227 e. The molecule has 0 aliphatic carbocycles. The minimum absolute atomic E-state index is 0.464. The molecule has 0 N–H and O–H groups in total. The van der Waals surface area contributed by atoms with Crippen LogP contribution in [0.5, 0.6) is 0 Å². The topological polar surface area (TPSA) is 12.9 Å². The lowest BCUT2D eigenvalue weighted by molar-refractivity contribution is 0.585. The maximum absolute atomic E-state index is 13.3. The molecule has 0 saturated carbocycles. The molecule has 2 rings (SSSR count). The van der Waals surface area contributed by atoms with E-state index in [-0.39, 0.29) is 0 Å². The van der Waals surface area contributed by atoms with Crippen molar-refractivity contribution in [2.45, 2.75) is 4.90 Å². The van der Waals surface area contributed by atoms with Crippen LogP contribution in [-0.2, 0) is 0 Å². The van der Waals surface area contributed by atoms with Crippen molar-refractivity contribution in [3.63, 3.8) is 0 Å². The van der Waals surface area contributed by atoms with Crippen LogP contribution < -0.4 is 0 Å². The first-order chi connectivity index (χ1) is 6.77. The third-order valence-corrected chi connectivity index (χ3v) is 2.15. The van der Waals surface area contributed by atoms with Gasteiger partial charge in [-0.25, -0.2) is 4.98 Å². The molecule has 0 radical (unpaired) electrons. The molecule has 1 aromatic heterocycles. The number of aromatic nitrogens is 1. The van der Waals surface area contributed by atoms with Crippen molar-refractivity contribution >= 4 is 12.6 Å². The van der Waals surface area contributed by atoms with Crippen LogP contribution in [0.2, 0.25) is 0 Å². The average Bonchev–Trinajstić information content (AvgIpc) is 2.23. The number of nitrogens with zero attached hydrogens (tertiary/aromatic N) is 1. The second-order valence-electron chi connectivity index (χ2n) is 2.90. The largest absolute Gasteiger partial charge is 0.227 e. The molecule has 70 valence electrons. The Kier molecular flexibility index (Phi) is 2.50. The molecule has 0 spiro atoms. The molecular weight excluding hydrogens is 197 g/mol. The first-order valence-corrected chi connectivity index (χ1v) is 4.62. The Morgan fingerprint density at radius 3 is 2.57 bits per heavy atom. The fraction of sp³-hybridized carbons (Fsp3) is 0. The molecule has 0 fully saturated rings. The zero-order valence-electron chi connectivity index (χ0n) is 7.31. The molecule has 0 bridgehead atoms. The van der Waals surface area contributed by atoms with E-state index >= 15 is 0 Å². The van der Waals surface area contributed by atoms with Gasteiger partial charge in [0.05, 0.1) is 0 Å². The lowest BCUT2D eigenvalue weighted by Crippen LogP contribution is -1.88. The number of thiol groups is 1.